The molecule has 0 amide bonds. The molecule has 0 atom stereocenters. The molecule has 0 saturated heterocycles. The highest BCUT2D eigenvalue weighted by molar-refractivity contribution is 6.17. The number of pyridine rings is 1. The fraction of sp³-hybridized carbons (Fsp3) is 0. The van der Waals surface area contributed by atoms with Crippen LogP contribution in [0.15, 0.2) is 194 Å². The summed E-state index contributed by atoms with van der Waals surface area (Å²) in [6, 6.07) is 65.3. The van der Waals surface area contributed by atoms with Crippen LogP contribution in [0.5, 0.6) is 0 Å². The second kappa shape index (κ2) is 11.9. The number of nitrogens with zero attached hydrogens (tertiary/aromatic N) is 4. The molecule has 0 unspecified atom stereocenters. The summed E-state index contributed by atoms with van der Waals surface area (Å²) in [6.45, 7) is 0. The van der Waals surface area contributed by atoms with Crippen molar-refractivity contribution < 1.29 is 0 Å². The number of rotatable bonds is 6. The molecule has 0 N–H and O–H groups in total. The summed E-state index contributed by atoms with van der Waals surface area (Å²) in [5, 5.41) is 4.85. The van der Waals surface area contributed by atoms with Gasteiger partial charge in [-0.05, 0) is 84.4 Å². The van der Waals surface area contributed by atoms with E-state index in [1.165, 1.54) is 32.6 Å². The minimum Gasteiger partial charge on any atom is -0.310 e. The molecule has 10 aromatic rings. The number of benzene rings is 7. The lowest BCUT2D eigenvalue weighted by Gasteiger charge is -2.26. The third-order valence-corrected chi connectivity index (χ3v) is 9.94. The minimum atomic E-state index is 1.04. The van der Waals surface area contributed by atoms with E-state index < -0.39 is 0 Å². The van der Waals surface area contributed by atoms with Gasteiger partial charge in [-0.2, -0.15) is 0 Å². The maximum absolute atomic E-state index is 4.50. The number of aromatic nitrogens is 3. The molecule has 3 aromatic heterocycles. The molecule has 0 aliphatic rings. The lowest BCUT2D eigenvalue weighted by atomic mass is 9.98. The lowest BCUT2D eigenvalue weighted by molar-refractivity contribution is 1.14. The van der Waals surface area contributed by atoms with Gasteiger partial charge >= 0.3 is 0 Å². The molecule has 0 saturated carbocycles. The highest BCUT2D eigenvalue weighted by atomic mass is 15.1. The average molecular weight is 653 g/mol. The SMILES string of the molecule is c1ccc(N(c2ccccc2)c2cc(-c3ccc4c5ccccc5n(-c5cccnc5)c4c3)c3c(c2)c2ccccc2n3-c2ccccc2)cc1. The summed E-state index contributed by atoms with van der Waals surface area (Å²) in [5.74, 6) is 0. The zero-order valence-corrected chi connectivity index (χ0v) is 27.8. The first-order valence-corrected chi connectivity index (χ1v) is 17.3. The molecule has 0 aliphatic heterocycles. The van der Waals surface area contributed by atoms with Crippen molar-refractivity contribution in [1.82, 2.24) is 14.1 Å². The molecule has 4 heteroatoms. The largest absolute Gasteiger partial charge is 0.310 e. The lowest BCUT2D eigenvalue weighted by Crippen LogP contribution is -2.10. The Balaban J connectivity index is 1.34. The number of fused-ring (bicyclic) bond motifs is 6. The van der Waals surface area contributed by atoms with Crippen molar-refractivity contribution in [2.24, 2.45) is 0 Å². The molecular formula is C47H32N4. The van der Waals surface area contributed by atoms with Crippen molar-refractivity contribution in [2.75, 3.05) is 4.90 Å². The summed E-state index contributed by atoms with van der Waals surface area (Å²) >= 11 is 0. The molecule has 7 aromatic carbocycles. The number of para-hydroxylation sites is 5. The van der Waals surface area contributed by atoms with Crippen LogP contribution in [-0.4, -0.2) is 14.1 Å². The average Bonchev–Trinajstić information content (AvgIpc) is 3.72. The normalized spacial score (nSPS) is 11.5. The highest BCUT2D eigenvalue weighted by Gasteiger charge is 2.22. The summed E-state index contributed by atoms with van der Waals surface area (Å²) < 4.78 is 4.77. The van der Waals surface area contributed by atoms with Gasteiger partial charge in [0.2, 0.25) is 0 Å². The summed E-state index contributed by atoms with van der Waals surface area (Å²) in [7, 11) is 0. The first-order valence-electron chi connectivity index (χ1n) is 17.3. The second-order valence-electron chi connectivity index (χ2n) is 12.9. The van der Waals surface area contributed by atoms with Crippen LogP contribution in [0.1, 0.15) is 0 Å². The van der Waals surface area contributed by atoms with Gasteiger partial charge in [0.05, 0.1) is 34.0 Å². The van der Waals surface area contributed by atoms with E-state index in [0.29, 0.717) is 0 Å². The Bertz CT molecular complexity index is 2800. The molecule has 3 heterocycles. The van der Waals surface area contributed by atoms with Crippen LogP contribution in [0.25, 0.3) is 66.1 Å². The van der Waals surface area contributed by atoms with Crippen molar-refractivity contribution in [2.45, 2.75) is 0 Å². The molecule has 0 spiro atoms. The summed E-state index contributed by atoms with van der Waals surface area (Å²) in [5.41, 5.74) is 12.4. The van der Waals surface area contributed by atoms with E-state index in [2.05, 4.69) is 195 Å². The predicted molar refractivity (Wildman–Crippen MR) is 213 cm³/mol. The zero-order chi connectivity index (χ0) is 33.7. The van der Waals surface area contributed by atoms with Crippen LogP contribution in [0.2, 0.25) is 0 Å². The van der Waals surface area contributed by atoms with E-state index in [4.69, 9.17) is 0 Å². The minimum absolute atomic E-state index is 1.04. The number of anilines is 3. The van der Waals surface area contributed by atoms with Gasteiger partial charge in [-0.3, -0.25) is 4.98 Å². The Labute approximate surface area is 295 Å². The molecule has 51 heavy (non-hydrogen) atoms. The van der Waals surface area contributed by atoms with Crippen LogP contribution >= 0.6 is 0 Å². The van der Waals surface area contributed by atoms with Crippen LogP contribution in [0.3, 0.4) is 0 Å². The summed E-state index contributed by atoms with van der Waals surface area (Å²) in [4.78, 5) is 6.87. The van der Waals surface area contributed by atoms with Crippen molar-refractivity contribution >= 4 is 60.7 Å². The van der Waals surface area contributed by atoms with Crippen LogP contribution in [0, 0.1) is 0 Å². The molecule has 0 aliphatic carbocycles. The van der Waals surface area contributed by atoms with Crippen molar-refractivity contribution in [3.8, 4) is 22.5 Å². The first kappa shape index (κ1) is 29.0. The van der Waals surface area contributed by atoms with Gasteiger partial charge in [-0.1, -0.05) is 103 Å². The standard InChI is InChI=1S/C47H32N4/c1-4-15-34(16-5-1)49(35-17-6-2-7-18-35)38-30-42(47-43(31-38)40-23-11-13-25-45(40)51(47)36-19-8-3-9-20-36)33-26-27-41-39-22-10-12-24-44(39)50(46(41)29-33)37-21-14-28-48-32-37/h1-32H. The van der Waals surface area contributed by atoms with Gasteiger partial charge in [0.1, 0.15) is 0 Å². The zero-order valence-electron chi connectivity index (χ0n) is 27.8. The third-order valence-electron chi connectivity index (χ3n) is 9.94. The van der Waals surface area contributed by atoms with Crippen molar-refractivity contribution in [3.05, 3.63) is 194 Å². The van der Waals surface area contributed by atoms with E-state index >= 15 is 0 Å². The van der Waals surface area contributed by atoms with Crippen LogP contribution in [-0.2, 0) is 0 Å². The topological polar surface area (TPSA) is 26.0 Å². The smallest absolute Gasteiger partial charge is 0.0645 e. The van der Waals surface area contributed by atoms with Gasteiger partial charge in [-0.15, -0.1) is 0 Å². The van der Waals surface area contributed by atoms with E-state index in [0.717, 1.165) is 50.6 Å². The molecule has 0 fully saturated rings. The second-order valence-corrected chi connectivity index (χ2v) is 12.9. The fourth-order valence-electron chi connectivity index (χ4n) is 7.78. The van der Waals surface area contributed by atoms with Gasteiger partial charge in [0, 0.05) is 56.1 Å². The molecular weight excluding hydrogens is 621 g/mol. The van der Waals surface area contributed by atoms with E-state index in [9.17, 15) is 0 Å². The van der Waals surface area contributed by atoms with Gasteiger partial charge in [-0.25, -0.2) is 0 Å². The van der Waals surface area contributed by atoms with Crippen LogP contribution < -0.4 is 4.90 Å². The predicted octanol–water partition coefficient (Wildman–Crippen LogP) is 12.4. The first-order chi connectivity index (χ1) is 25.3. The Morgan fingerprint density at radius 1 is 0.392 bits per heavy atom. The quantitative estimate of drug-likeness (QED) is 0.179. The maximum Gasteiger partial charge on any atom is 0.0645 e. The third kappa shape index (κ3) is 4.72. The molecule has 0 radical (unpaired) electrons. The molecule has 0 bridgehead atoms. The highest BCUT2D eigenvalue weighted by Crippen LogP contribution is 2.45. The fourth-order valence-corrected chi connectivity index (χ4v) is 7.78. The van der Waals surface area contributed by atoms with Crippen molar-refractivity contribution in [3.63, 3.8) is 0 Å². The number of hydrogen-bond donors (Lipinski definition) is 0. The maximum atomic E-state index is 4.50. The Morgan fingerprint density at radius 3 is 1.63 bits per heavy atom. The van der Waals surface area contributed by atoms with E-state index in [1.807, 2.05) is 18.5 Å². The van der Waals surface area contributed by atoms with Gasteiger partial charge in [0.15, 0.2) is 0 Å². The van der Waals surface area contributed by atoms with Gasteiger partial charge < -0.3 is 14.0 Å². The Kier molecular flexibility index (Phi) is 6.78. The number of hydrogen-bond acceptors (Lipinski definition) is 2. The molecule has 10 rings (SSSR count). The van der Waals surface area contributed by atoms with Gasteiger partial charge in [0.25, 0.3) is 0 Å². The van der Waals surface area contributed by atoms with E-state index in [1.54, 1.807) is 0 Å². The van der Waals surface area contributed by atoms with Crippen molar-refractivity contribution in [1.29, 1.82) is 0 Å². The monoisotopic (exact) mass is 652 g/mol. The van der Waals surface area contributed by atoms with E-state index in [-0.39, 0.29) is 0 Å². The molecule has 240 valence electrons. The Hall–Kier alpha value is -6.91. The summed E-state index contributed by atoms with van der Waals surface area (Å²) in [6.07, 6.45) is 3.78. The Morgan fingerprint density at radius 2 is 0.961 bits per heavy atom. The van der Waals surface area contributed by atoms with Crippen LogP contribution in [0.4, 0.5) is 17.1 Å². The molecule has 4 nitrogen and oxygen atoms in total.